The summed E-state index contributed by atoms with van der Waals surface area (Å²) < 4.78 is 26.1. The van der Waals surface area contributed by atoms with Crippen molar-refractivity contribution in [1.82, 2.24) is 0 Å². The largest absolute Gasteiger partial charge is 0.330 e. The zero-order valence-electron chi connectivity index (χ0n) is 40.7. The van der Waals surface area contributed by atoms with Crippen molar-refractivity contribution in [2.24, 2.45) is 0 Å². The maximum absolute atomic E-state index is 13.8. The van der Waals surface area contributed by atoms with E-state index in [1.54, 1.807) is 0 Å². The zero-order valence-corrected chi connectivity index (χ0v) is 41.6. The molecular formula is C54H111O3P. The second-order valence-corrected chi connectivity index (χ2v) is 21.1. The van der Waals surface area contributed by atoms with Gasteiger partial charge in [0.05, 0.1) is 19.4 Å². The lowest BCUT2D eigenvalue weighted by atomic mass is 10.0. The standard InChI is InChI=1S/C54H111O3P/c1-4-7-10-13-16-19-22-25-28-31-34-37-40-43-46-49-52-56-58(55,54-51-48-45-42-39-36-33-30-27-24-21-18-15-12-9-6-3)57-53-50-47-44-41-38-35-32-29-26-23-20-17-14-11-8-5-2/h4-54H2,1-3H3. The van der Waals surface area contributed by atoms with Crippen LogP contribution in [0, 0.1) is 0 Å². The van der Waals surface area contributed by atoms with Crippen molar-refractivity contribution in [3.8, 4) is 0 Å². The van der Waals surface area contributed by atoms with Gasteiger partial charge in [0.2, 0.25) is 0 Å². The number of unbranched alkanes of at least 4 members (excludes halogenated alkanes) is 45. The van der Waals surface area contributed by atoms with Gasteiger partial charge >= 0.3 is 7.60 Å². The number of hydrogen-bond donors (Lipinski definition) is 0. The molecule has 0 saturated heterocycles. The van der Waals surface area contributed by atoms with Crippen molar-refractivity contribution in [2.45, 2.75) is 329 Å². The number of hydrogen-bond acceptors (Lipinski definition) is 3. The highest BCUT2D eigenvalue weighted by Gasteiger charge is 2.23. The van der Waals surface area contributed by atoms with Gasteiger partial charge in [-0.05, 0) is 19.3 Å². The second-order valence-electron chi connectivity index (χ2n) is 18.9. The zero-order chi connectivity index (χ0) is 42.0. The van der Waals surface area contributed by atoms with Gasteiger partial charge in [0.15, 0.2) is 0 Å². The fraction of sp³-hybridized carbons (Fsp3) is 1.00. The van der Waals surface area contributed by atoms with Crippen LogP contribution in [0.2, 0.25) is 0 Å². The molecule has 0 aromatic heterocycles. The van der Waals surface area contributed by atoms with Gasteiger partial charge in [-0.25, -0.2) is 0 Å². The van der Waals surface area contributed by atoms with Gasteiger partial charge < -0.3 is 9.05 Å². The fourth-order valence-electron chi connectivity index (χ4n) is 8.73. The van der Waals surface area contributed by atoms with Crippen LogP contribution in [0.1, 0.15) is 329 Å². The Morgan fingerprint density at radius 1 is 0.224 bits per heavy atom. The van der Waals surface area contributed by atoms with E-state index in [1.807, 2.05) is 0 Å². The van der Waals surface area contributed by atoms with Crippen molar-refractivity contribution < 1.29 is 13.6 Å². The SMILES string of the molecule is CCCCCCCCCCCCCCCCCCOP(=O)(CCCCCCCCCCCCCCCCCC)OCCCCCCCCCCCCCCCCCC. The molecule has 0 bridgehead atoms. The second kappa shape index (κ2) is 51.5. The molecule has 0 aromatic rings. The monoisotopic (exact) mass is 839 g/mol. The summed E-state index contributed by atoms with van der Waals surface area (Å²) in [6, 6.07) is 0. The summed E-state index contributed by atoms with van der Waals surface area (Å²) >= 11 is 0. The van der Waals surface area contributed by atoms with E-state index >= 15 is 0 Å². The first-order chi connectivity index (χ1) is 28.7. The van der Waals surface area contributed by atoms with Gasteiger partial charge in [0, 0.05) is 0 Å². The van der Waals surface area contributed by atoms with Crippen molar-refractivity contribution >= 4 is 7.60 Å². The average molecular weight is 839 g/mol. The molecule has 58 heavy (non-hydrogen) atoms. The summed E-state index contributed by atoms with van der Waals surface area (Å²) in [5, 5.41) is 0. The minimum absolute atomic E-state index is 0.605. The molecule has 0 aromatic carbocycles. The Hall–Kier alpha value is 0.150. The van der Waals surface area contributed by atoms with Crippen LogP contribution in [0.25, 0.3) is 0 Å². The topological polar surface area (TPSA) is 35.5 Å². The van der Waals surface area contributed by atoms with Crippen molar-refractivity contribution in [2.75, 3.05) is 19.4 Å². The van der Waals surface area contributed by atoms with E-state index in [0.29, 0.717) is 19.4 Å². The lowest BCUT2D eigenvalue weighted by molar-refractivity contribution is 0.197. The van der Waals surface area contributed by atoms with Crippen molar-refractivity contribution in [3.63, 3.8) is 0 Å². The van der Waals surface area contributed by atoms with Crippen LogP contribution < -0.4 is 0 Å². The Bertz CT molecular complexity index is 729. The molecule has 350 valence electrons. The fourth-order valence-corrected chi connectivity index (χ4v) is 10.5. The summed E-state index contributed by atoms with van der Waals surface area (Å²) in [5.74, 6) is 0. The highest BCUT2D eigenvalue weighted by molar-refractivity contribution is 7.53. The predicted octanol–water partition coefficient (Wildman–Crippen LogP) is 21.0. The molecule has 0 saturated carbocycles. The van der Waals surface area contributed by atoms with E-state index in [-0.39, 0.29) is 0 Å². The minimum atomic E-state index is -2.99. The third-order valence-corrected chi connectivity index (χ3v) is 14.9. The summed E-state index contributed by atoms with van der Waals surface area (Å²) in [5.41, 5.74) is 0. The van der Waals surface area contributed by atoms with E-state index in [0.717, 1.165) is 25.7 Å². The Morgan fingerprint density at radius 2 is 0.379 bits per heavy atom. The van der Waals surface area contributed by atoms with Gasteiger partial charge in [-0.15, -0.1) is 0 Å². The molecule has 0 aliphatic heterocycles. The Labute approximate surface area is 368 Å². The molecule has 0 atom stereocenters. The van der Waals surface area contributed by atoms with Crippen LogP contribution in [0.3, 0.4) is 0 Å². The first-order valence-electron chi connectivity index (χ1n) is 27.6. The van der Waals surface area contributed by atoms with Crippen LogP contribution >= 0.6 is 7.60 Å². The van der Waals surface area contributed by atoms with Gasteiger partial charge in [-0.2, -0.15) is 0 Å². The molecule has 0 N–H and O–H groups in total. The Morgan fingerprint density at radius 3 is 0.569 bits per heavy atom. The molecule has 0 spiro atoms. The molecule has 0 aliphatic carbocycles. The van der Waals surface area contributed by atoms with Crippen LogP contribution in [0.15, 0.2) is 0 Å². The van der Waals surface area contributed by atoms with E-state index in [9.17, 15) is 4.57 Å². The molecule has 0 unspecified atom stereocenters. The molecule has 0 fully saturated rings. The maximum Gasteiger partial charge on any atom is 0.330 e. The van der Waals surface area contributed by atoms with Gasteiger partial charge in [-0.1, -0.05) is 310 Å². The molecule has 0 rings (SSSR count). The third kappa shape index (κ3) is 48.8. The molecule has 3 nitrogen and oxygen atoms in total. The number of rotatable bonds is 53. The van der Waals surface area contributed by atoms with E-state index in [4.69, 9.17) is 9.05 Å². The summed E-state index contributed by atoms with van der Waals surface area (Å²) in [4.78, 5) is 0. The first-order valence-corrected chi connectivity index (χ1v) is 29.3. The van der Waals surface area contributed by atoms with Crippen molar-refractivity contribution in [1.29, 1.82) is 0 Å². The molecule has 0 amide bonds. The van der Waals surface area contributed by atoms with E-state index in [2.05, 4.69) is 20.8 Å². The first kappa shape index (κ1) is 58.1. The molecule has 0 heterocycles. The highest BCUT2D eigenvalue weighted by Crippen LogP contribution is 2.49. The summed E-state index contributed by atoms with van der Waals surface area (Å²) in [6.45, 7) is 8.11. The van der Waals surface area contributed by atoms with Gasteiger partial charge in [-0.3, -0.25) is 4.57 Å². The smallest absolute Gasteiger partial charge is 0.309 e. The summed E-state index contributed by atoms with van der Waals surface area (Å²) in [6.07, 6.45) is 66.1. The molecular weight excluding hydrogens is 728 g/mol. The summed E-state index contributed by atoms with van der Waals surface area (Å²) in [7, 11) is -2.99. The van der Waals surface area contributed by atoms with Crippen LogP contribution in [-0.2, 0) is 13.6 Å². The quantitative estimate of drug-likeness (QED) is 0.0452. The van der Waals surface area contributed by atoms with Gasteiger partial charge in [0.25, 0.3) is 0 Å². The molecule has 0 radical (unpaired) electrons. The third-order valence-electron chi connectivity index (χ3n) is 12.9. The molecule has 0 aliphatic rings. The normalized spacial score (nSPS) is 12.0. The van der Waals surface area contributed by atoms with Crippen LogP contribution in [0.5, 0.6) is 0 Å². The van der Waals surface area contributed by atoms with Crippen LogP contribution in [0.4, 0.5) is 0 Å². The molecule has 4 heteroatoms. The predicted molar refractivity (Wildman–Crippen MR) is 263 cm³/mol. The lowest BCUT2D eigenvalue weighted by Gasteiger charge is -2.19. The Balaban J connectivity index is 4.08. The lowest BCUT2D eigenvalue weighted by Crippen LogP contribution is -2.04. The highest BCUT2D eigenvalue weighted by atomic mass is 31.2. The maximum atomic E-state index is 13.8. The van der Waals surface area contributed by atoms with Crippen LogP contribution in [-0.4, -0.2) is 19.4 Å². The Kier molecular flexibility index (Phi) is 51.6. The van der Waals surface area contributed by atoms with E-state index < -0.39 is 7.60 Å². The minimum Gasteiger partial charge on any atom is -0.309 e. The van der Waals surface area contributed by atoms with Gasteiger partial charge in [0.1, 0.15) is 0 Å². The average Bonchev–Trinajstić information content (AvgIpc) is 3.23. The van der Waals surface area contributed by atoms with E-state index in [1.165, 1.54) is 283 Å². The van der Waals surface area contributed by atoms with Crippen molar-refractivity contribution in [3.05, 3.63) is 0 Å².